The number of carbonyl (C=O) groups is 2. The molecular weight excluding hydrogens is 360 g/mol. The molecule has 2 aromatic rings. The molecular formula is C21H24N2O5. The van der Waals surface area contributed by atoms with Crippen LogP contribution < -0.4 is 4.74 Å². The Balaban J connectivity index is 1.60. The number of ether oxygens (including phenoxy) is 1. The van der Waals surface area contributed by atoms with E-state index in [0.29, 0.717) is 39.0 Å². The molecule has 7 heteroatoms. The zero-order chi connectivity index (χ0) is 20.1. The normalized spacial score (nSPS) is 14.5. The molecule has 1 aliphatic rings. The topological polar surface area (TPSA) is 90.3 Å². The lowest BCUT2D eigenvalue weighted by molar-refractivity contribution is -0.130. The van der Waals surface area contributed by atoms with Crippen LogP contribution in [0.1, 0.15) is 22.3 Å². The van der Waals surface area contributed by atoms with Gasteiger partial charge in [-0.05, 0) is 36.2 Å². The van der Waals surface area contributed by atoms with E-state index in [1.807, 2.05) is 24.3 Å². The van der Waals surface area contributed by atoms with E-state index in [1.165, 1.54) is 18.2 Å². The summed E-state index contributed by atoms with van der Waals surface area (Å²) >= 11 is 0. The Kier molecular flexibility index (Phi) is 6.03. The van der Waals surface area contributed by atoms with Crippen LogP contribution in [0.2, 0.25) is 0 Å². The fourth-order valence-electron chi connectivity index (χ4n) is 3.30. The molecule has 0 saturated carbocycles. The molecule has 1 saturated heterocycles. The Morgan fingerprint density at radius 1 is 0.929 bits per heavy atom. The molecule has 2 N–H and O–H groups in total. The van der Waals surface area contributed by atoms with E-state index < -0.39 is 0 Å². The van der Waals surface area contributed by atoms with Crippen LogP contribution in [0.25, 0.3) is 0 Å². The molecule has 0 bridgehead atoms. The molecule has 0 spiro atoms. The molecule has 0 radical (unpaired) electrons. The summed E-state index contributed by atoms with van der Waals surface area (Å²) in [6, 6.07) is 11.3. The molecule has 2 aromatic carbocycles. The molecule has 1 heterocycles. The van der Waals surface area contributed by atoms with Gasteiger partial charge >= 0.3 is 0 Å². The zero-order valence-corrected chi connectivity index (χ0v) is 15.8. The van der Waals surface area contributed by atoms with E-state index in [4.69, 9.17) is 4.74 Å². The van der Waals surface area contributed by atoms with Crippen molar-refractivity contribution in [1.29, 1.82) is 0 Å². The number of phenolic OH excluding ortho intramolecular Hbond substituents is 2. The first-order valence-corrected chi connectivity index (χ1v) is 9.19. The van der Waals surface area contributed by atoms with Crippen LogP contribution in [-0.2, 0) is 11.2 Å². The molecule has 0 aliphatic carbocycles. The first-order chi connectivity index (χ1) is 13.5. The molecule has 148 valence electrons. The second-order valence-electron chi connectivity index (χ2n) is 6.79. The van der Waals surface area contributed by atoms with Crippen molar-refractivity contribution in [3.8, 4) is 17.2 Å². The van der Waals surface area contributed by atoms with Crippen LogP contribution in [0, 0.1) is 0 Å². The first kappa shape index (κ1) is 19.5. The quantitative estimate of drug-likeness (QED) is 0.842. The summed E-state index contributed by atoms with van der Waals surface area (Å²) in [6.07, 6.45) is 0.975. The van der Waals surface area contributed by atoms with Crippen molar-refractivity contribution in [2.75, 3.05) is 33.3 Å². The maximum absolute atomic E-state index is 12.7. The van der Waals surface area contributed by atoms with Gasteiger partial charge in [-0.2, -0.15) is 0 Å². The van der Waals surface area contributed by atoms with E-state index in [-0.39, 0.29) is 28.9 Å². The van der Waals surface area contributed by atoms with Gasteiger partial charge in [0.25, 0.3) is 5.91 Å². The molecule has 1 fully saturated rings. The van der Waals surface area contributed by atoms with E-state index >= 15 is 0 Å². The van der Waals surface area contributed by atoms with Crippen LogP contribution >= 0.6 is 0 Å². The first-order valence-electron chi connectivity index (χ1n) is 9.19. The highest BCUT2D eigenvalue weighted by Crippen LogP contribution is 2.22. The SMILES string of the molecule is COc1ccc(CC(=O)N2CCCN(C(=O)c3cc(O)cc(O)c3)CC2)cc1. The molecule has 1 aliphatic heterocycles. The zero-order valence-electron chi connectivity index (χ0n) is 15.8. The predicted octanol–water partition coefficient (Wildman–Crippen LogP) is 2.02. The van der Waals surface area contributed by atoms with Gasteiger partial charge in [0, 0.05) is 37.8 Å². The number of nitrogens with zero attached hydrogens (tertiary/aromatic N) is 2. The standard InChI is InChI=1S/C21H24N2O5/c1-28-19-5-3-15(4-6-19)11-20(26)22-7-2-8-23(10-9-22)21(27)16-12-17(24)14-18(25)13-16/h3-6,12-14,24-25H,2,7-11H2,1H3. The smallest absolute Gasteiger partial charge is 0.254 e. The van der Waals surface area contributed by atoms with Gasteiger partial charge in [0.15, 0.2) is 0 Å². The Bertz CT molecular complexity index is 830. The number of rotatable bonds is 4. The minimum absolute atomic E-state index is 0.0227. The monoisotopic (exact) mass is 384 g/mol. The van der Waals surface area contributed by atoms with Gasteiger partial charge in [-0.3, -0.25) is 9.59 Å². The summed E-state index contributed by atoms with van der Waals surface area (Å²) in [4.78, 5) is 28.7. The summed E-state index contributed by atoms with van der Waals surface area (Å²) in [5, 5.41) is 19.2. The third kappa shape index (κ3) is 4.73. The van der Waals surface area contributed by atoms with E-state index in [9.17, 15) is 19.8 Å². The average molecular weight is 384 g/mol. The van der Waals surface area contributed by atoms with Gasteiger partial charge < -0.3 is 24.7 Å². The second kappa shape index (κ2) is 8.65. The van der Waals surface area contributed by atoms with Gasteiger partial charge in [-0.1, -0.05) is 12.1 Å². The number of hydrogen-bond acceptors (Lipinski definition) is 5. The predicted molar refractivity (Wildman–Crippen MR) is 104 cm³/mol. The summed E-state index contributed by atoms with van der Waals surface area (Å²) < 4.78 is 5.13. The molecule has 0 unspecified atom stereocenters. The van der Waals surface area contributed by atoms with Crippen molar-refractivity contribution in [3.05, 3.63) is 53.6 Å². The summed E-state index contributed by atoms with van der Waals surface area (Å²) in [6.45, 7) is 1.96. The average Bonchev–Trinajstić information content (AvgIpc) is 2.93. The molecule has 28 heavy (non-hydrogen) atoms. The Labute approximate surface area is 163 Å². The summed E-state index contributed by atoms with van der Waals surface area (Å²) in [5.74, 6) is 0.187. The fourth-order valence-corrected chi connectivity index (χ4v) is 3.30. The molecule has 2 amide bonds. The molecule has 3 rings (SSSR count). The lowest BCUT2D eigenvalue weighted by atomic mass is 10.1. The van der Waals surface area contributed by atoms with E-state index in [2.05, 4.69) is 0 Å². The number of benzene rings is 2. The highest BCUT2D eigenvalue weighted by atomic mass is 16.5. The fraction of sp³-hybridized carbons (Fsp3) is 0.333. The lowest BCUT2D eigenvalue weighted by Gasteiger charge is -2.22. The summed E-state index contributed by atoms with van der Waals surface area (Å²) in [5.41, 5.74) is 1.15. The van der Waals surface area contributed by atoms with Gasteiger partial charge in [0.05, 0.1) is 13.5 Å². The Morgan fingerprint density at radius 2 is 1.54 bits per heavy atom. The Hall–Kier alpha value is -3.22. The van der Waals surface area contributed by atoms with Crippen LogP contribution in [-0.4, -0.2) is 65.1 Å². The summed E-state index contributed by atoms with van der Waals surface area (Å²) in [7, 11) is 1.60. The number of aromatic hydroxyl groups is 2. The lowest BCUT2D eigenvalue weighted by Crippen LogP contribution is -2.38. The van der Waals surface area contributed by atoms with E-state index in [1.54, 1.807) is 16.9 Å². The molecule has 7 nitrogen and oxygen atoms in total. The third-order valence-corrected chi connectivity index (χ3v) is 4.80. The van der Waals surface area contributed by atoms with Crippen LogP contribution in [0.15, 0.2) is 42.5 Å². The maximum atomic E-state index is 12.7. The third-order valence-electron chi connectivity index (χ3n) is 4.80. The highest BCUT2D eigenvalue weighted by molar-refractivity contribution is 5.95. The van der Waals surface area contributed by atoms with Crippen LogP contribution in [0.5, 0.6) is 17.2 Å². The van der Waals surface area contributed by atoms with Crippen molar-refractivity contribution in [1.82, 2.24) is 9.80 Å². The number of amides is 2. The van der Waals surface area contributed by atoms with Gasteiger partial charge in [0.2, 0.25) is 5.91 Å². The van der Waals surface area contributed by atoms with Crippen LogP contribution in [0.4, 0.5) is 0 Å². The van der Waals surface area contributed by atoms with Gasteiger partial charge in [-0.15, -0.1) is 0 Å². The van der Waals surface area contributed by atoms with Crippen molar-refractivity contribution in [2.24, 2.45) is 0 Å². The maximum Gasteiger partial charge on any atom is 0.254 e. The second-order valence-corrected chi connectivity index (χ2v) is 6.79. The number of phenols is 2. The number of hydrogen-bond donors (Lipinski definition) is 2. The Morgan fingerprint density at radius 3 is 2.18 bits per heavy atom. The number of methoxy groups -OCH3 is 1. The van der Waals surface area contributed by atoms with Crippen molar-refractivity contribution < 1.29 is 24.5 Å². The van der Waals surface area contributed by atoms with Crippen molar-refractivity contribution in [3.63, 3.8) is 0 Å². The van der Waals surface area contributed by atoms with Crippen LogP contribution in [0.3, 0.4) is 0 Å². The van der Waals surface area contributed by atoms with Gasteiger partial charge in [-0.25, -0.2) is 0 Å². The van der Waals surface area contributed by atoms with Gasteiger partial charge in [0.1, 0.15) is 17.2 Å². The molecule has 0 aromatic heterocycles. The molecule has 0 atom stereocenters. The minimum Gasteiger partial charge on any atom is -0.508 e. The largest absolute Gasteiger partial charge is 0.508 e. The van der Waals surface area contributed by atoms with Crippen molar-refractivity contribution in [2.45, 2.75) is 12.8 Å². The van der Waals surface area contributed by atoms with Crippen molar-refractivity contribution >= 4 is 11.8 Å². The highest BCUT2D eigenvalue weighted by Gasteiger charge is 2.23. The minimum atomic E-state index is -0.268. The van der Waals surface area contributed by atoms with E-state index in [0.717, 1.165) is 11.3 Å². The number of carbonyl (C=O) groups excluding carboxylic acids is 2.